The Hall–Kier alpha value is -2.92. The molecule has 0 unspecified atom stereocenters. The highest BCUT2D eigenvalue weighted by atomic mass is 79.9. The standard InChI is InChI=1S/C22H16BrN3O/c23-16-7-8-17-18(11-24-19(17)10-16)21-22(27)26-20(12-25-21)15-6-5-13-3-1-2-4-14(13)9-15/h1-11,20,24H,12H2,(H,26,27)/t20-/m1/s1. The van der Waals surface area contributed by atoms with Crippen molar-refractivity contribution in [1.29, 1.82) is 0 Å². The Morgan fingerprint density at radius 2 is 1.85 bits per heavy atom. The van der Waals surface area contributed by atoms with E-state index in [0.717, 1.165) is 26.5 Å². The Balaban J connectivity index is 1.49. The number of nitrogens with one attached hydrogen (secondary N) is 2. The van der Waals surface area contributed by atoms with E-state index in [1.165, 1.54) is 10.8 Å². The number of amides is 1. The van der Waals surface area contributed by atoms with Gasteiger partial charge in [0.2, 0.25) is 0 Å². The van der Waals surface area contributed by atoms with Crippen LogP contribution in [0.1, 0.15) is 17.2 Å². The predicted octanol–water partition coefficient (Wildman–Crippen LogP) is 4.74. The zero-order valence-corrected chi connectivity index (χ0v) is 16.0. The lowest BCUT2D eigenvalue weighted by Crippen LogP contribution is -2.40. The Labute approximate surface area is 164 Å². The molecule has 132 valence electrons. The Morgan fingerprint density at radius 1 is 1.00 bits per heavy atom. The van der Waals surface area contributed by atoms with Gasteiger partial charge in [0, 0.05) is 27.1 Å². The topological polar surface area (TPSA) is 57.2 Å². The molecule has 0 saturated carbocycles. The summed E-state index contributed by atoms with van der Waals surface area (Å²) in [6.45, 7) is 0.530. The average molecular weight is 418 g/mol. The number of aromatic amines is 1. The maximum absolute atomic E-state index is 12.8. The van der Waals surface area contributed by atoms with Crippen molar-refractivity contribution in [1.82, 2.24) is 10.3 Å². The first kappa shape index (κ1) is 16.3. The highest BCUT2D eigenvalue weighted by molar-refractivity contribution is 9.10. The number of fused-ring (bicyclic) bond motifs is 2. The zero-order valence-electron chi connectivity index (χ0n) is 14.4. The molecule has 3 aromatic carbocycles. The summed E-state index contributed by atoms with van der Waals surface area (Å²) in [6, 6.07) is 20.4. The average Bonchev–Trinajstić information content (AvgIpc) is 3.10. The largest absolute Gasteiger partial charge is 0.360 e. The molecule has 1 atom stereocenters. The number of aliphatic imine (C=N–C) groups is 1. The second-order valence-electron chi connectivity index (χ2n) is 6.71. The summed E-state index contributed by atoms with van der Waals surface area (Å²) < 4.78 is 0.995. The summed E-state index contributed by atoms with van der Waals surface area (Å²) in [7, 11) is 0. The number of hydrogen-bond acceptors (Lipinski definition) is 2. The van der Waals surface area contributed by atoms with E-state index in [9.17, 15) is 4.79 Å². The maximum atomic E-state index is 12.8. The van der Waals surface area contributed by atoms with Gasteiger partial charge in [0.1, 0.15) is 5.71 Å². The van der Waals surface area contributed by atoms with Gasteiger partial charge in [0.25, 0.3) is 5.91 Å². The van der Waals surface area contributed by atoms with Gasteiger partial charge in [-0.3, -0.25) is 9.79 Å². The van der Waals surface area contributed by atoms with Crippen LogP contribution < -0.4 is 5.32 Å². The van der Waals surface area contributed by atoms with Gasteiger partial charge >= 0.3 is 0 Å². The van der Waals surface area contributed by atoms with Crippen LogP contribution in [0.4, 0.5) is 0 Å². The molecule has 0 saturated heterocycles. The molecule has 5 heteroatoms. The molecule has 1 amide bonds. The lowest BCUT2D eigenvalue weighted by atomic mass is 9.99. The molecule has 2 heterocycles. The van der Waals surface area contributed by atoms with E-state index in [1.54, 1.807) is 0 Å². The number of hydrogen-bond donors (Lipinski definition) is 2. The molecule has 4 aromatic rings. The minimum absolute atomic E-state index is 0.106. The van der Waals surface area contributed by atoms with Crippen molar-refractivity contribution >= 4 is 49.2 Å². The second kappa shape index (κ2) is 6.35. The summed E-state index contributed by atoms with van der Waals surface area (Å²) >= 11 is 3.47. The Morgan fingerprint density at radius 3 is 2.70 bits per heavy atom. The van der Waals surface area contributed by atoms with Gasteiger partial charge in [-0.05, 0) is 34.5 Å². The maximum Gasteiger partial charge on any atom is 0.270 e. The number of carbonyl (C=O) groups is 1. The molecule has 4 nitrogen and oxygen atoms in total. The number of benzene rings is 3. The molecule has 27 heavy (non-hydrogen) atoms. The van der Waals surface area contributed by atoms with E-state index in [2.05, 4.69) is 61.6 Å². The third-order valence-corrected chi connectivity index (χ3v) is 5.52. The third kappa shape index (κ3) is 2.84. The third-order valence-electron chi connectivity index (χ3n) is 5.03. The second-order valence-corrected chi connectivity index (χ2v) is 7.63. The summed E-state index contributed by atoms with van der Waals surface area (Å²) in [5.74, 6) is -0.136. The van der Waals surface area contributed by atoms with E-state index in [0.29, 0.717) is 12.3 Å². The van der Waals surface area contributed by atoms with Crippen LogP contribution in [0.3, 0.4) is 0 Å². The van der Waals surface area contributed by atoms with E-state index in [4.69, 9.17) is 0 Å². The molecule has 2 N–H and O–H groups in total. The zero-order chi connectivity index (χ0) is 18.4. The van der Waals surface area contributed by atoms with Crippen LogP contribution in [-0.4, -0.2) is 23.1 Å². The molecule has 5 rings (SSSR count). The van der Waals surface area contributed by atoms with Crippen LogP contribution in [0.25, 0.3) is 21.7 Å². The van der Waals surface area contributed by atoms with Crippen molar-refractivity contribution in [2.24, 2.45) is 4.99 Å². The minimum atomic E-state index is -0.136. The molecule has 1 aliphatic heterocycles. The molecule has 0 bridgehead atoms. The fourth-order valence-corrected chi connectivity index (χ4v) is 4.00. The monoisotopic (exact) mass is 417 g/mol. The lowest BCUT2D eigenvalue weighted by Gasteiger charge is -2.23. The van der Waals surface area contributed by atoms with Gasteiger partial charge in [0.05, 0.1) is 12.6 Å². The highest BCUT2D eigenvalue weighted by Gasteiger charge is 2.26. The van der Waals surface area contributed by atoms with Crippen molar-refractivity contribution < 1.29 is 4.79 Å². The first-order valence-electron chi connectivity index (χ1n) is 8.80. The number of carbonyl (C=O) groups excluding carboxylic acids is 1. The molecule has 0 fully saturated rings. The van der Waals surface area contributed by atoms with Crippen LogP contribution in [0, 0.1) is 0 Å². The Kier molecular flexibility index (Phi) is 3.83. The summed E-state index contributed by atoms with van der Waals surface area (Å²) in [6.07, 6.45) is 1.85. The molecule has 0 spiro atoms. The normalized spacial score (nSPS) is 17.1. The molecule has 0 radical (unpaired) electrons. The van der Waals surface area contributed by atoms with E-state index >= 15 is 0 Å². The van der Waals surface area contributed by atoms with Crippen molar-refractivity contribution in [3.05, 3.63) is 82.5 Å². The van der Waals surface area contributed by atoms with Crippen molar-refractivity contribution in [2.75, 3.05) is 6.54 Å². The molecule has 1 aromatic heterocycles. The first-order valence-corrected chi connectivity index (χ1v) is 9.59. The van der Waals surface area contributed by atoms with Crippen LogP contribution in [-0.2, 0) is 4.79 Å². The van der Waals surface area contributed by atoms with Crippen LogP contribution in [0.15, 0.2) is 76.3 Å². The number of H-pyrrole nitrogens is 1. The quantitative estimate of drug-likeness (QED) is 0.485. The van der Waals surface area contributed by atoms with Crippen LogP contribution in [0.2, 0.25) is 0 Å². The van der Waals surface area contributed by atoms with Gasteiger partial charge in [-0.2, -0.15) is 0 Å². The van der Waals surface area contributed by atoms with Crippen molar-refractivity contribution in [2.45, 2.75) is 6.04 Å². The van der Waals surface area contributed by atoms with Gasteiger partial charge < -0.3 is 10.3 Å². The van der Waals surface area contributed by atoms with Crippen molar-refractivity contribution in [3.63, 3.8) is 0 Å². The predicted molar refractivity (Wildman–Crippen MR) is 112 cm³/mol. The summed E-state index contributed by atoms with van der Waals surface area (Å²) in [5.41, 5.74) is 3.38. The lowest BCUT2D eigenvalue weighted by molar-refractivity contribution is -0.115. The van der Waals surface area contributed by atoms with E-state index < -0.39 is 0 Å². The Bertz CT molecular complexity index is 1220. The molecular formula is C22H16BrN3O. The smallest absolute Gasteiger partial charge is 0.270 e. The van der Waals surface area contributed by atoms with Gasteiger partial charge in [-0.1, -0.05) is 58.4 Å². The number of nitrogens with zero attached hydrogens (tertiary/aromatic N) is 1. The van der Waals surface area contributed by atoms with E-state index in [1.807, 2.05) is 36.5 Å². The minimum Gasteiger partial charge on any atom is -0.360 e. The van der Waals surface area contributed by atoms with Crippen LogP contribution >= 0.6 is 15.9 Å². The molecule has 1 aliphatic rings. The van der Waals surface area contributed by atoms with E-state index in [-0.39, 0.29) is 11.9 Å². The summed E-state index contributed by atoms with van der Waals surface area (Å²) in [4.78, 5) is 20.6. The van der Waals surface area contributed by atoms with Crippen molar-refractivity contribution in [3.8, 4) is 0 Å². The fraction of sp³-hybridized carbons (Fsp3) is 0.0909. The number of halogens is 1. The fourth-order valence-electron chi connectivity index (χ4n) is 3.64. The molecular weight excluding hydrogens is 402 g/mol. The first-order chi connectivity index (χ1) is 13.2. The van der Waals surface area contributed by atoms with Gasteiger partial charge in [-0.15, -0.1) is 0 Å². The van der Waals surface area contributed by atoms with Crippen LogP contribution in [0.5, 0.6) is 0 Å². The number of aromatic nitrogens is 1. The summed E-state index contributed by atoms with van der Waals surface area (Å²) in [5, 5.41) is 6.48. The van der Waals surface area contributed by atoms with Gasteiger partial charge in [0.15, 0.2) is 0 Å². The highest BCUT2D eigenvalue weighted by Crippen LogP contribution is 2.26. The number of rotatable bonds is 2. The van der Waals surface area contributed by atoms with Gasteiger partial charge in [-0.25, -0.2) is 0 Å². The molecule has 0 aliphatic carbocycles. The SMILES string of the molecule is O=C1N[C@@H](c2ccc3ccccc3c2)CN=C1c1c[nH]c2cc(Br)ccc12.